The number of hydrogen-bond acceptors (Lipinski definition) is 5. The van der Waals surface area contributed by atoms with E-state index in [4.69, 9.17) is 0 Å². The first-order chi connectivity index (χ1) is 8.24. The number of nitrogens with one attached hydrogen (secondary N) is 1. The summed E-state index contributed by atoms with van der Waals surface area (Å²) in [4.78, 5) is 11.2. The molecule has 1 aliphatic rings. The molecule has 0 aliphatic carbocycles. The van der Waals surface area contributed by atoms with E-state index >= 15 is 0 Å². The van der Waals surface area contributed by atoms with Crippen molar-refractivity contribution < 1.29 is 0 Å². The lowest BCUT2D eigenvalue weighted by molar-refractivity contribution is 0.787. The fourth-order valence-electron chi connectivity index (χ4n) is 2.14. The molecule has 2 rings (SSSR count). The third-order valence-corrected chi connectivity index (χ3v) is 3.93. The lowest BCUT2D eigenvalue weighted by atomic mass is 10.0. The summed E-state index contributed by atoms with van der Waals surface area (Å²) >= 11 is 2.02. The van der Waals surface area contributed by atoms with Crippen LogP contribution in [0.5, 0.6) is 0 Å². The minimum absolute atomic E-state index is 0.434. The van der Waals surface area contributed by atoms with Gasteiger partial charge in [-0.25, -0.2) is 9.97 Å². The molecular weight excluding hydrogens is 232 g/mol. The predicted octanol–water partition coefficient (Wildman–Crippen LogP) is 2.19. The zero-order valence-electron chi connectivity index (χ0n) is 10.7. The minimum atomic E-state index is 0.434. The Hall–Kier alpha value is -0.970. The van der Waals surface area contributed by atoms with Gasteiger partial charge < -0.3 is 10.2 Å². The number of nitrogens with zero attached hydrogens (tertiary/aromatic N) is 3. The third-order valence-electron chi connectivity index (χ3n) is 2.99. The van der Waals surface area contributed by atoms with Gasteiger partial charge in [0.15, 0.2) is 0 Å². The molecule has 0 aromatic carbocycles. The summed E-state index contributed by atoms with van der Waals surface area (Å²) in [7, 11) is 1.92. The molecule has 4 nitrogen and oxygen atoms in total. The number of rotatable bonds is 3. The van der Waals surface area contributed by atoms with Gasteiger partial charge in [0.25, 0.3) is 0 Å². The molecule has 0 bridgehead atoms. The molecule has 94 valence electrons. The topological polar surface area (TPSA) is 41.1 Å². The van der Waals surface area contributed by atoms with E-state index in [-0.39, 0.29) is 0 Å². The first-order valence-corrected chi connectivity index (χ1v) is 7.25. The Bertz CT molecular complexity index is 375. The summed E-state index contributed by atoms with van der Waals surface area (Å²) in [5, 5.41) is 3.17. The van der Waals surface area contributed by atoms with Gasteiger partial charge in [-0.15, -0.1) is 0 Å². The summed E-state index contributed by atoms with van der Waals surface area (Å²) in [6.07, 6.45) is 1.66. The Kier molecular flexibility index (Phi) is 4.10. The Balaban J connectivity index is 2.37. The highest BCUT2D eigenvalue weighted by Crippen LogP contribution is 2.31. The van der Waals surface area contributed by atoms with Crippen LogP contribution in [0.15, 0.2) is 6.33 Å². The van der Waals surface area contributed by atoms with Crippen LogP contribution >= 0.6 is 11.8 Å². The predicted molar refractivity (Wildman–Crippen MR) is 75.2 cm³/mol. The van der Waals surface area contributed by atoms with E-state index in [9.17, 15) is 0 Å². The average Bonchev–Trinajstić information content (AvgIpc) is 2.38. The van der Waals surface area contributed by atoms with Gasteiger partial charge in [0.05, 0.1) is 0 Å². The highest BCUT2D eigenvalue weighted by molar-refractivity contribution is 7.99. The summed E-state index contributed by atoms with van der Waals surface area (Å²) < 4.78 is 0. The first kappa shape index (κ1) is 12.5. The quantitative estimate of drug-likeness (QED) is 0.893. The van der Waals surface area contributed by atoms with Crippen LogP contribution in [0.2, 0.25) is 0 Å². The third kappa shape index (κ3) is 2.65. The molecule has 17 heavy (non-hydrogen) atoms. The Morgan fingerprint density at radius 1 is 1.29 bits per heavy atom. The van der Waals surface area contributed by atoms with E-state index in [0.29, 0.717) is 5.92 Å². The van der Waals surface area contributed by atoms with Crippen molar-refractivity contribution in [2.45, 2.75) is 19.8 Å². The lowest BCUT2D eigenvalue weighted by Gasteiger charge is -2.30. The monoisotopic (exact) mass is 252 g/mol. The molecule has 0 radical (unpaired) electrons. The normalized spacial score (nSPS) is 16.4. The largest absolute Gasteiger partial charge is 0.373 e. The van der Waals surface area contributed by atoms with E-state index in [0.717, 1.165) is 24.7 Å². The molecule has 1 fully saturated rings. The van der Waals surface area contributed by atoms with Crippen LogP contribution in [0.1, 0.15) is 25.3 Å². The van der Waals surface area contributed by atoms with E-state index < -0.39 is 0 Å². The Labute approximate surface area is 107 Å². The molecule has 0 atom stereocenters. The van der Waals surface area contributed by atoms with Gasteiger partial charge in [-0.1, -0.05) is 13.8 Å². The maximum absolute atomic E-state index is 4.50. The second-order valence-corrected chi connectivity index (χ2v) is 5.69. The number of aromatic nitrogens is 2. The van der Waals surface area contributed by atoms with Gasteiger partial charge in [-0.05, 0) is 5.92 Å². The molecule has 1 aliphatic heterocycles. The SMILES string of the molecule is CNc1ncnc(N2CCSCC2)c1C(C)C. The fourth-order valence-corrected chi connectivity index (χ4v) is 3.05. The van der Waals surface area contributed by atoms with Crippen LogP contribution in [-0.2, 0) is 0 Å². The molecule has 0 unspecified atom stereocenters. The van der Waals surface area contributed by atoms with Crippen LogP contribution in [-0.4, -0.2) is 41.6 Å². The molecule has 2 heterocycles. The molecule has 1 N–H and O–H groups in total. The summed E-state index contributed by atoms with van der Waals surface area (Å²) in [6, 6.07) is 0. The van der Waals surface area contributed by atoms with Crippen molar-refractivity contribution in [1.82, 2.24) is 9.97 Å². The zero-order valence-corrected chi connectivity index (χ0v) is 11.5. The molecule has 1 aromatic rings. The Morgan fingerprint density at radius 3 is 2.59 bits per heavy atom. The average molecular weight is 252 g/mol. The van der Waals surface area contributed by atoms with Crippen LogP contribution in [0.4, 0.5) is 11.6 Å². The van der Waals surface area contributed by atoms with Gasteiger partial charge in [0.2, 0.25) is 0 Å². The minimum Gasteiger partial charge on any atom is -0.373 e. The molecule has 0 saturated carbocycles. The molecule has 5 heteroatoms. The maximum Gasteiger partial charge on any atom is 0.137 e. The van der Waals surface area contributed by atoms with Gasteiger partial charge in [0.1, 0.15) is 18.0 Å². The summed E-state index contributed by atoms with van der Waals surface area (Å²) in [5.41, 5.74) is 1.24. The number of hydrogen-bond donors (Lipinski definition) is 1. The van der Waals surface area contributed by atoms with E-state index in [1.54, 1.807) is 6.33 Å². The molecule has 0 amide bonds. The molecule has 1 saturated heterocycles. The highest BCUT2D eigenvalue weighted by atomic mass is 32.2. The van der Waals surface area contributed by atoms with Gasteiger partial charge >= 0.3 is 0 Å². The van der Waals surface area contributed by atoms with Crippen molar-refractivity contribution in [2.75, 3.05) is 41.9 Å². The van der Waals surface area contributed by atoms with E-state index in [2.05, 4.69) is 34.0 Å². The van der Waals surface area contributed by atoms with Gasteiger partial charge in [-0.3, -0.25) is 0 Å². The standard InChI is InChI=1S/C12H20N4S/c1-9(2)10-11(13-3)14-8-15-12(10)16-4-6-17-7-5-16/h8-9H,4-7H2,1-3H3,(H,13,14,15). The van der Waals surface area contributed by atoms with Crippen molar-refractivity contribution in [3.63, 3.8) is 0 Å². The van der Waals surface area contributed by atoms with Crippen molar-refractivity contribution in [3.05, 3.63) is 11.9 Å². The number of anilines is 2. The van der Waals surface area contributed by atoms with E-state index in [1.807, 2.05) is 18.8 Å². The van der Waals surface area contributed by atoms with Crippen molar-refractivity contribution >= 4 is 23.4 Å². The first-order valence-electron chi connectivity index (χ1n) is 6.09. The van der Waals surface area contributed by atoms with E-state index in [1.165, 1.54) is 17.1 Å². The van der Waals surface area contributed by atoms with Crippen LogP contribution < -0.4 is 10.2 Å². The smallest absolute Gasteiger partial charge is 0.137 e. The molecule has 1 aromatic heterocycles. The van der Waals surface area contributed by atoms with Gasteiger partial charge in [0, 0.05) is 37.2 Å². The maximum atomic E-state index is 4.50. The van der Waals surface area contributed by atoms with Crippen molar-refractivity contribution in [1.29, 1.82) is 0 Å². The summed E-state index contributed by atoms with van der Waals surface area (Å²) in [5.74, 6) is 4.89. The number of thioether (sulfide) groups is 1. The van der Waals surface area contributed by atoms with Crippen LogP contribution in [0.25, 0.3) is 0 Å². The second kappa shape index (κ2) is 5.58. The van der Waals surface area contributed by atoms with Crippen LogP contribution in [0.3, 0.4) is 0 Å². The molecular formula is C12H20N4S. The van der Waals surface area contributed by atoms with Crippen molar-refractivity contribution in [2.24, 2.45) is 0 Å². The second-order valence-electron chi connectivity index (χ2n) is 4.46. The van der Waals surface area contributed by atoms with Crippen LogP contribution in [0, 0.1) is 0 Å². The van der Waals surface area contributed by atoms with Crippen molar-refractivity contribution in [3.8, 4) is 0 Å². The Morgan fingerprint density at radius 2 is 2.00 bits per heavy atom. The fraction of sp³-hybridized carbons (Fsp3) is 0.667. The summed E-state index contributed by atoms with van der Waals surface area (Å²) in [6.45, 7) is 6.57. The lowest BCUT2D eigenvalue weighted by Crippen LogP contribution is -2.34. The van der Waals surface area contributed by atoms with Gasteiger partial charge in [-0.2, -0.15) is 11.8 Å². The highest BCUT2D eigenvalue weighted by Gasteiger charge is 2.20. The zero-order chi connectivity index (χ0) is 12.3. The molecule has 0 spiro atoms.